The Balaban J connectivity index is 1.38. The van der Waals surface area contributed by atoms with Crippen LogP contribution in [0, 0.1) is 11.2 Å². The predicted molar refractivity (Wildman–Crippen MR) is 170 cm³/mol. The van der Waals surface area contributed by atoms with Gasteiger partial charge in [-0.3, -0.25) is 4.90 Å². The maximum Gasteiger partial charge on any atom is 0.416 e. The summed E-state index contributed by atoms with van der Waals surface area (Å²) in [6, 6.07) is 1.66. The third-order valence-electron chi connectivity index (χ3n) is 9.63. The molecule has 4 aliphatic heterocycles. The highest BCUT2D eigenvalue weighted by Gasteiger charge is 2.49. The predicted octanol–water partition coefficient (Wildman–Crippen LogP) is 3.79. The van der Waals surface area contributed by atoms with Crippen LogP contribution in [-0.2, 0) is 23.9 Å². The molecule has 5 N–H and O–H groups in total. The van der Waals surface area contributed by atoms with Crippen LogP contribution in [0.25, 0.3) is 0 Å². The number of nitrogens with zero attached hydrogens (tertiary/aromatic N) is 5. The lowest BCUT2D eigenvalue weighted by Crippen LogP contribution is -2.83. The van der Waals surface area contributed by atoms with E-state index in [-0.39, 0.29) is 31.4 Å². The minimum absolute atomic E-state index is 0.00206. The second kappa shape index (κ2) is 13.7. The van der Waals surface area contributed by atoms with Crippen molar-refractivity contribution in [1.29, 1.82) is 5.41 Å². The van der Waals surface area contributed by atoms with Gasteiger partial charge in [0, 0.05) is 50.0 Å². The van der Waals surface area contributed by atoms with Crippen LogP contribution in [0.1, 0.15) is 54.2 Å². The summed E-state index contributed by atoms with van der Waals surface area (Å²) in [7, 11) is 3.71. The molecule has 0 spiro atoms. The largest absolute Gasteiger partial charge is 0.461 e. The van der Waals surface area contributed by atoms with Crippen molar-refractivity contribution < 1.29 is 36.7 Å². The lowest BCUT2D eigenvalue weighted by Gasteiger charge is -2.33. The molecule has 3 saturated heterocycles. The maximum atomic E-state index is 15.3. The Morgan fingerprint density at radius 2 is 2.04 bits per heavy atom. The van der Waals surface area contributed by atoms with E-state index in [1.807, 2.05) is 29.2 Å². The van der Waals surface area contributed by atoms with E-state index in [1.165, 1.54) is 0 Å². The zero-order valence-electron chi connectivity index (χ0n) is 27.0. The number of ether oxygens (including phenoxy) is 2. The zero-order chi connectivity index (χ0) is 34.4. The average molecular weight is 700 g/mol. The number of hydrogen-bond donors (Lipinski definition) is 3. The number of nitrogen functional groups attached to an aromatic ring is 1. The van der Waals surface area contributed by atoms with Crippen molar-refractivity contribution in [2.45, 2.75) is 62.7 Å². The van der Waals surface area contributed by atoms with Crippen molar-refractivity contribution in [2.75, 3.05) is 70.6 Å². The molecule has 0 saturated carbocycles. The molecule has 262 valence electrons. The number of benzene rings is 1. The monoisotopic (exact) mass is 699 g/mol. The minimum atomic E-state index is -4.84. The van der Waals surface area contributed by atoms with Crippen LogP contribution in [0.15, 0.2) is 22.9 Å². The molecular formula is C32H41ClF5N8O2+. The Hall–Kier alpha value is -3.11. The van der Waals surface area contributed by atoms with Gasteiger partial charge in [-0.05, 0) is 45.6 Å². The van der Waals surface area contributed by atoms with E-state index >= 15 is 4.39 Å². The fourth-order valence-electron chi connectivity index (χ4n) is 7.39. The Kier molecular flexibility index (Phi) is 9.88. The van der Waals surface area contributed by atoms with Crippen LogP contribution in [0.3, 0.4) is 0 Å². The SMILES string of the molecule is CN(C)CC(=N)/C(Cl)=C1/CN(c2nc(OC[C@@]34CCCN3C[C@H](F)C4)nc3c2CO[C@H](c2c(C(F)(F)F)ccc(N)c2F)C3)CCC[NH2+]1. The first-order valence-electron chi connectivity index (χ1n) is 16.1. The number of rotatable bonds is 8. The highest BCUT2D eigenvalue weighted by molar-refractivity contribution is 6.43. The molecule has 0 aliphatic carbocycles. The molecule has 5 heterocycles. The minimum Gasteiger partial charge on any atom is -0.461 e. The van der Waals surface area contributed by atoms with Gasteiger partial charge in [-0.25, -0.2) is 8.78 Å². The first kappa shape index (κ1) is 34.7. The van der Waals surface area contributed by atoms with Crippen LogP contribution in [0.2, 0.25) is 0 Å². The summed E-state index contributed by atoms with van der Waals surface area (Å²) in [5.41, 5.74) is 4.91. The van der Waals surface area contributed by atoms with Crippen molar-refractivity contribution in [1.82, 2.24) is 19.8 Å². The molecule has 3 fully saturated rings. The molecule has 10 nitrogen and oxygen atoms in total. The van der Waals surface area contributed by atoms with Crippen LogP contribution >= 0.6 is 11.6 Å². The summed E-state index contributed by atoms with van der Waals surface area (Å²) in [6.07, 6.45) is -4.55. The molecule has 4 aliphatic rings. The highest BCUT2D eigenvalue weighted by Crippen LogP contribution is 2.44. The summed E-state index contributed by atoms with van der Waals surface area (Å²) >= 11 is 6.72. The third kappa shape index (κ3) is 6.97. The van der Waals surface area contributed by atoms with Crippen LogP contribution in [-0.4, -0.2) is 97.2 Å². The molecule has 0 unspecified atom stereocenters. The van der Waals surface area contributed by atoms with Gasteiger partial charge in [-0.2, -0.15) is 23.1 Å². The van der Waals surface area contributed by atoms with Crippen molar-refractivity contribution >= 4 is 28.8 Å². The van der Waals surface area contributed by atoms with Gasteiger partial charge in [0.05, 0.1) is 54.0 Å². The van der Waals surface area contributed by atoms with Crippen molar-refractivity contribution in [3.8, 4) is 6.01 Å². The number of nitrogens with two attached hydrogens (primary N) is 2. The highest BCUT2D eigenvalue weighted by atomic mass is 35.5. The smallest absolute Gasteiger partial charge is 0.416 e. The lowest BCUT2D eigenvalue weighted by molar-refractivity contribution is -0.605. The van der Waals surface area contributed by atoms with Gasteiger partial charge in [0.25, 0.3) is 0 Å². The number of fused-ring (bicyclic) bond motifs is 2. The number of hydrogen-bond acceptors (Lipinski definition) is 9. The molecule has 0 bridgehead atoms. The molecule has 48 heavy (non-hydrogen) atoms. The van der Waals surface area contributed by atoms with Crippen molar-refractivity contribution in [3.63, 3.8) is 0 Å². The van der Waals surface area contributed by atoms with E-state index in [1.54, 1.807) is 0 Å². The summed E-state index contributed by atoms with van der Waals surface area (Å²) in [5, 5.41) is 10.9. The Bertz CT molecular complexity index is 1590. The number of halogens is 6. The molecule has 0 amide bonds. The fourth-order valence-corrected chi connectivity index (χ4v) is 7.58. The van der Waals surface area contributed by atoms with Gasteiger partial charge in [0.1, 0.15) is 29.3 Å². The van der Waals surface area contributed by atoms with Crippen LogP contribution in [0.5, 0.6) is 6.01 Å². The quantitative estimate of drug-likeness (QED) is 0.217. The van der Waals surface area contributed by atoms with E-state index in [2.05, 4.69) is 9.88 Å². The van der Waals surface area contributed by atoms with E-state index in [4.69, 9.17) is 37.2 Å². The second-order valence-electron chi connectivity index (χ2n) is 13.4. The van der Waals surface area contributed by atoms with E-state index in [0.717, 1.165) is 43.6 Å². The summed E-state index contributed by atoms with van der Waals surface area (Å²) in [4.78, 5) is 15.4. The summed E-state index contributed by atoms with van der Waals surface area (Å²) in [6.45, 7) is 3.01. The van der Waals surface area contributed by atoms with Crippen molar-refractivity contribution in [3.05, 3.63) is 51.1 Å². The van der Waals surface area contributed by atoms with Crippen molar-refractivity contribution in [2.24, 2.45) is 0 Å². The first-order chi connectivity index (χ1) is 22.8. The Labute approximate surface area is 280 Å². The second-order valence-corrected chi connectivity index (χ2v) is 13.8. The lowest BCUT2D eigenvalue weighted by atomic mass is 9.94. The molecule has 16 heteroatoms. The maximum absolute atomic E-state index is 15.3. The van der Waals surface area contributed by atoms with Gasteiger partial charge in [-0.1, -0.05) is 11.6 Å². The molecule has 1 aromatic carbocycles. The Morgan fingerprint density at radius 3 is 2.79 bits per heavy atom. The summed E-state index contributed by atoms with van der Waals surface area (Å²) in [5.74, 6) is -0.719. The van der Waals surface area contributed by atoms with Gasteiger partial charge >= 0.3 is 12.2 Å². The van der Waals surface area contributed by atoms with Gasteiger partial charge < -0.3 is 35.7 Å². The molecule has 1 aromatic heterocycles. The molecule has 6 rings (SSSR count). The number of anilines is 2. The van der Waals surface area contributed by atoms with Crippen LogP contribution in [0.4, 0.5) is 33.5 Å². The van der Waals surface area contributed by atoms with Gasteiger partial charge in [0.15, 0.2) is 5.82 Å². The third-order valence-corrected chi connectivity index (χ3v) is 10.1. The number of alkyl halides is 4. The normalized spacial score (nSPS) is 26.0. The van der Waals surface area contributed by atoms with E-state index < -0.39 is 46.6 Å². The standard InChI is InChI=1S/C32H40ClF5N8O2/c1-44(2)14-22(40)27(33)24-15-45(9-4-8-41-24)29-19-16-47-25(26-20(32(36,37)38)5-6-21(39)28(26)35)11-23(19)42-30(43-29)48-17-31-7-3-10-46(31)13-18(34)12-31/h5-6,18,25,40-41H,3-4,7-17,39H2,1-2H3/p+1/b27-24+,40-22?/t18-,25+,31+/m1/s1. The molecule has 2 aromatic rings. The average Bonchev–Trinajstić information content (AvgIpc) is 3.43. The first-order valence-corrected chi connectivity index (χ1v) is 16.5. The molecular weight excluding hydrogens is 659 g/mol. The number of nitrogens with one attached hydrogen (secondary N) is 1. The van der Waals surface area contributed by atoms with Gasteiger partial charge in [0.2, 0.25) is 0 Å². The topological polar surface area (TPSA) is 120 Å². The Morgan fingerprint density at radius 1 is 1.25 bits per heavy atom. The number of quaternary nitrogens is 1. The van der Waals surface area contributed by atoms with Gasteiger partial charge in [-0.15, -0.1) is 0 Å². The van der Waals surface area contributed by atoms with E-state index in [9.17, 15) is 17.6 Å². The number of aromatic nitrogens is 2. The molecule has 3 atom stereocenters. The fraction of sp³-hybridized carbons (Fsp3) is 0.594. The van der Waals surface area contributed by atoms with E-state index in [0.29, 0.717) is 61.3 Å². The summed E-state index contributed by atoms with van der Waals surface area (Å²) < 4.78 is 84.1. The zero-order valence-corrected chi connectivity index (χ0v) is 27.7. The van der Waals surface area contributed by atoms with Crippen LogP contribution < -0.4 is 20.7 Å². The molecule has 0 radical (unpaired) electrons.